The molecule has 44 heavy (non-hydrogen) atoms. The number of nitrogens with one attached hydrogen (secondary N) is 1. The molecule has 0 unspecified atom stereocenters. The van der Waals surface area contributed by atoms with Gasteiger partial charge in [-0.05, 0) is 55.7 Å². The molecule has 3 aromatic rings. The first-order valence-electron chi connectivity index (χ1n) is 14.6. The standard InChI is InChI=1S/C32H38N4O8/c1-20-31(21(2)44-34-20)32(39)36-16-25-28(17-36)42-19-23-6-5-7-24(14-23)43-27-15-22(8-10-26(27)41-4)9-11-30(38)35(12-13-40-3)18-29(37)33-25/h5-8,10,14-15,25,28H,9,11-13,16-19H2,1-4H3,(H,33,37)/t25-,28-/m0/s1. The molecule has 12 nitrogen and oxygen atoms in total. The van der Waals surface area contributed by atoms with Crippen LogP contribution in [-0.4, -0.2) is 91.8 Å². The molecule has 3 heterocycles. The van der Waals surface area contributed by atoms with Crippen LogP contribution in [0.15, 0.2) is 47.0 Å². The molecule has 0 aliphatic carbocycles. The van der Waals surface area contributed by atoms with E-state index in [0.29, 0.717) is 40.7 Å². The van der Waals surface area contributed by atoms with Gasteiger partial charge < -0.3 is 38.6 Å². The number of rotatable bonds is 5. The van der Waals surface area contributed by atoms with E-state index in [0.717, 1.165) is 11.1 Å². The molecular formula is C32H38N4O8. The molecule has 1 N–H and O–H groups in total. The van der Waals surface area contributed by atoms with E-state index in [-0.39, 0.29) is 63.5 Å². The van der Waals surface area contributed by atoms with E-state index < -0.39 is 12.1 Å². The fourth-order valence-corrected chi connectivity index (χ4v) is 5.51. The van der Waals surface area contributed by atoms with Crippen molar-refractivity contribution in [1.29, 1.82) is 0 Å². The third-order valence-corrected chi connectivity index (χ3v) is 7.85. The number of amides is 3. The van der Waals surface area contributed by atoms with Crippen molar-refractivity contribution in [1.82, 2.24) is 20.3 Å². The summed E-state index contributed by atoms with van der Waals surface area (Å²) in [4.78, 5) is 43.2. The Morgan fingerprint density at radius 2 is 1.91 bits per heavy atom. The lowest BCUT2D eigenvalue weighted by Crippen LogP contribution is -2.49. The number of benzene rings is 2. The summed E-state index contributed by atoms with van der Waals surface area (Å²) in [5.41, 5.74) is 2.65. The normalized spacial score (nSPS) is 19.5. The molecule has 1 aromatic heterocycles. The Morgan fingerprint density at radius 1 is 1.07 bits per heavy atom. The molecule has 2 aromatic carbocycles. The number of hydrogen-bond acceptors (Lipinski definition) is 9. The van der Waals surface area contributed by atoms with Crippen molar-refractivity contribution in [3.05, 3.63) is 70.6 Å². The molecular weight excluding hydrogens is 568 g/mol. The van der Waals surface area contributed by atoms with Crippen molar-refractivity contribution >= 4 is 17.7 Å². The maximum absolute atomic E-state index is 13.5. The molecule has 5 rings (SSSR count). The lowest BCUT2D eigenvalue weighted by Gasteiger charge is -2.25. The number of carbonyl (C=O) groups is 3. The van der Waals surface area contributed by atoms with Gasteiger partial charge in [0.2, 0.25) is 11.8 Å². The predicted molar refractivity (Wildman–Crippen MR) is 159 cm³/mol. The van der Waals surface area contributed by atoms with Crippen molar-refractivity contribution in [3.63, 3.8) is 0 Å². The van der Waals surface area contributed by atoms with Gasteiger partial charge in [-0.3, -0.25) is 14.4 Å². The van der Waals surface area contributed by atoms with Crippen LogP contribution in [-0.2, 0) is 32.1 Å². The number of nitrogens with zero attached hydrogens (tertiary/aromatic N) is 3. The maximum atomic E-state index is 13.5. The lowest BCUT2D eigenvalue weighted by atomic mass is 10.1. The van der Waals surface area contributed by atoms with E-state index in [1.165, 1.54) is 4.90 Å². The van der Waals surface area contributed by atoms with Crippen LogP contribution in [0.2, 0.25) is 0 Å². The molecule has 1 fully saturated rings. The molecule has 2 aliphatic rings. The highest BCUT2D eigenvalue weighted by atomic mass is 16.5. The Bertz CT molecular complexity index is 1490. The fourth-order valence-electron chi connectivity index (χ4n) is 5.51. The molecule has 0 spiro atoms. The summed E-state index contributed by atoms with van der Waals surface area (Å²) in [6.07, 6.45) is 0.126. The summed E-state index contributed by atoms with van der Waals surface area (Å²) in [6.45, 7) is 4.50. The third kappa shape index (κ3) is 7.20. The van der Waals surface area contributed by atoms with Gasteiger partial charge in [-0.25, -0.2) is 0 Å². The largest absolute Gasteiger partial charge is 0.493 e. The Balaban J connectivity index is 1.44. The lowest BCUT2D eigenvalue weighted by molar-refractivity contribution is -0.137. The summed E-state index contributed by atoms with van der Waals surface area (Å²) >= 11 is 0. The minimum atomic E-state index is -0.508. The van der Waals surface area contributed by atoms with Crippen LogP contribution in [0.4, 0.5) is 0 Å². The maximum Gasteiger partial charge on any atom is 0.259 e. The first-order chi connectivity index (χ1) is 21.2. The van der Waals surface area contributed by atoms with E-state index in [4.69, 9.17) is 23.5 Å². The number of likely N-dealkylation sites (tertiary alicyclic amines) is 1. The number of aromatic nitrogens is 1. The summed E-state index contributed by atoms with van der Waals surface area (Å²) in [7, 11) is 3.12. The molecule has 234 valence electrons. The minimum Gasteiger partial charge on any atom is -0.493 e. The van der Waals surface area contributed by atoms with Gasteiger partial charge in [0.1, 0.15) is 17.1 Å². The van der Waals surface area contributed by atoms with Crippen LogP contribution in [0.3, 0.4) is 0 Å². The third-order valence-electron chi connectivity index (χ3n) is 7.85. The number of methoxy groups -OCH3 is 2. The highest BCUT2D eigenvalue weighted by molar-refractivity contribution is 5.96. The van der Waals surface area contributed by atoms with Crippen LogP contribution in [0.25, 0.3) is 0 Å². The van der Waals surface area contributed by atoms with Gasteiger partial charge in [0.25, 0.3) is 5.91 Å². The highest BCUT2D eigenvalue weighted by Gasteiger charge is 2.39. The molecule has 12 heteroatoms. The Hall–Kier alpha value is -4.42. The monoisotopic (exact) mass is 606 g/mol. The van der Waals surface area contributed by atoms with E-state index >= 15 is 0 Å². The van der Waals surface area contributed by atoms with Crippen LogP contribution in [0.5, 0.6) is 17.2 Å². The van der Waals surface area contributed by atoms with E-state index in [1.807, 2.05) is 42.5 Å². The van der Waals surface area contributed by atoms with E-state index in [1.54, 1.807) is 33.0 Å². The quantitative estimate of drug-likeness (QED) is 0.465. The second-order valence-corrected chi connectivity index (χ2v) is 11.0. The second kappa shape index (κ2) is 13.9. The van der Waals surface area contributed by atoms with Gasteiger partial charge in [-0.15, -0.1) is 0 Å². The zero-order valence-corrected chi connectivity index (χ0v) is 25.5. The van der Waals surface area contributed by atoms with Crippen LogP contribution in [0.1, 0.15) is 39.4 Å². The SMILES string of the molecule is COCCN1CC(=O)N[C@H]2CN(C(=O)c3c(C)noc3C)C[C@@H]2OCc2cccc(c2)Oc2cc(ccc2OC)CCC1=O. The molecule has 0 radical (unpaired) electrons. The average Bonchev–Trinajstić information content (AvgIpc) is 3.57. The van der Waals surface area contributed by atoms with Crippen LogP contribution >= 0.6 is 0 Å². The van der Waals surface area contributed by atoms with Crippen molar-refractivity contribution < 1.29 is 37.9 Å². The molecule has 3 amide bonds. The Kier molecular flexibility index (Phi) is 9.81. The van der Waals surface area contributed by atoms with Gasteiger partial charge in [-0.1, -0.05) is 23.4 Å². The zero-order chi connectivity index (χ0) is 31.2. The Labute approximate surface area is 256 Å². The number of aryl methyl sites for hydroxylation is 3. The van der Waals surface area contributed by atoms with Gasteiger partial charge in [0.15, 0.2) is 11.5 Å². The van der Waals surface area contributed by atoms with Gasteiger partial charge in [-0.2, -0.15) is 0 Å². The second-order valence-electron chi connectivity index (χ2n) is 11.0. The number of fused-ring (bicyclic) bond motifs is 5. The number of hydrogen-bond donors (Lipinski definition) is 1. The van der Waals surface area contributed by atoms with E-state index in [2.05, 4.69) is 10.5 Å². The summed E-state index contributed by atoms with van der Waals surface area (Å²) in [5, 5.41) is 6.94. The molecule has 2 atom stereocenters. The van der Waals surface area contributed by atoms with Gasteiger partial charge in [0.05, 0.1) is 44.7 Å². The summed E-state index contributed by atoms with van der Waals surface area (Å²) < 4.78 is 28.5. The predicted octanol–water partition coefficient (Wildman–Crippen LogP) is 3.04. The summed E-state index contributed by atoms with van der Waals surface area (Å²) in [5.74, 6) is 1.34. The topological polar surface area (TPSA) is 133 Å². The first kappa shape index (κ1) is 31.0. The van der Waals surface area contributed by atoms with Crippen molar-refractivity contribution in [2.45, 2.75) is 45.4 Å². The molecule has 2 aliphatic heterocycles. The molecule has 1 saturated heterocycles. The summed E-state index contributed by atoms with van der Waals surface area (Å²) in [6, 6.07) is 12.6. The van der Waals surface area contributed by atoms with E-state index in [9.17, 15) is 14.4 Å². The first-order valence-corrected chi connectivity index (χ1v) is 14.6. The fraction of sp³-hybridized carbons (Fsp3) is 0.438. The Morgan fingerprint density at radius 3 is 2.66 bits per heavy atom. The van der Waals surface area contributed by atoms with Crippen LogP contribution in [0, 0.1) is 13.8 Å². The zero-order valence-electron chi connectivity index (χ0n) is 25.5. The van der Waals surface area contributed by atoms with Crippen molar-refractivity contribution in [3.8, 4) is 17.2 Å². The van der Waals surface area contributed by atoms with Gasteiger partial charge >= 0.3 is 0 Å². The molecule has 0 saturated carbocycles. The number of ether oxygens (including phenoxy) is 4. The van der Waals surface area contributed by atoms with Gasteiger partial charge in [0, 0.05) is 33.2 Å². The molecule has 4 bridgehead atoms. The highest BCUT2D eigenvalue weighted by Crippen LogP contribution is 2.33. The van der Waals surface area contributed by atoms with Crippen molar-refractivity contribution in [2.75, 3.05) is 47.0 Å². The average molecular weight is 607 g/mol. The smallest absolute Gasteiger partial charge is 0.259 e. The minimum absolute atomic E-state index is 0.151. The van der Waals surface area contributed by atoms with Crippen LogP contribution < -0.4 is 14.8 Å². The van der Waals surface area contributed by atoms with Crippen molar-refractivity contribution in [2.24, 2.45) is 0 Å². The number of carbonyl (C=O) groups excluding carboxylic acids is 3.